The SMILES string of the molecule is CCCc1cc(CC)cc(CCC)n1. The average molecular weight is 191 g/mol. The average Bonchev–Trinajstić information content (AvgIpc) is 2.18. The third kappa shape index (κ3) is 3.13. The molecule has 0 aromatic carbocycles. The minimum atomic E-state index is 1.12. The standard InChI is InChI=1S/C13H21N/c1-4-7-12-9-11(6-3)10-13(14-12)8-5-2/h9-10H,4-8H2,1-3H3. The molecule has 1 aromatic rings. The molecular weight excluding hydrogens is 170 g/mol. The summed E-state index contributed by atoms with van der Waals surface area (Å²) in [6.07, 6.45) is 5.72. The Balaban J connectivity index is 2.88. The van der Waals surface area contributed by atoms with Crippen LogP contribution in [0.1, 0.15) is 50.6 Å². The Morgan fingerprint density at radius 2 is 1.43 bits per heavy atom. The Morgan fingerprint density at radius 3 is 1.79 bits per heavy atom. The van der Waals surface area contributed by atoms with Crippen molar-refractivity contribution in [3.05, 3.63) is 29.1 Å². The van der Waals surface area contributed by atoms with Gasteiger partial charge in [0.05, 0.1) is 0 Å². The third-order valence-electron chi connectivity index (χ3n) is 2.41. The van der Waals surface area contributed by atoms with Crippen LogP contribution in [0.15, 0.2) is 12.1 Å². The van der Waals surface area contributed by atoms with Crippen LogP contribution in [0.2, 0.25) is 0 Å². The van der Waals surface area contributed by atoms with Crippen molar-refractivity contribution < 1.29 is 0 Å². The number of rotatable bonds is 5. The van der Waals surface area contributed by atoms with E-state index in [2.05, 4.69) is 37.9 Å². The molecule has 0 aliphatic rings. The Bertz CT molecular complexity index is 254. The van der Waals surface area contributed by atoms with Crippen molar-refractivity contribution in [3.63, 3.8) is 0 Å². The van der Waals surface area contributed by atoms with Crippen molar-refractivity contribution in [1.29, 1.82) is 0 Å². The molecular formula is C13H21N. The molecule has 0 bridgehead atoms. The molecule has 0 fully saturated rings. The van der Waals surface area contributed by atoms with E-state index in [1.807, 2.05) is 0 Å². The maximum absolute atomic E-state index is 4.66. The first-order chi connectivity index (χ1) is 6.80. The highest BCUT2D eigenvalue weighted by molar-refractivity contribution is 5.22. The summed E-state index contributed by atoms with van der Waals surface area (Å²) < 4.78 is 0. The van der Waals surface area contributed by atoms with Crippen LogP contribution in [0, 0.1) is 0 Å². The van der Waals surface area contributed by atoms with Gasteiger partial charge in [-0.3, -0.25) is 4.98 Å². The molecule has 1 nitrogen and oxygen atoms in total. The molecule has 78 valence electrons. The van der Waals surface area contributed by atoms with E-state index in [0.717, 1.165) is 19.3 Å². The highest BCUT2D eigenvalue weighted by Crippen LogP contribution is 2.10. The van der Waals surface area contributed by atoms with Crippen LogP contribution in [0.3, 0.4) is 0 Å². The molecule has 0 N–H and O–H groups in total. The molecule has 1 aromatic heterocycles. The molecule has 1 heteroatoms. The summed E-state index contributed by atoms with van der Waals surface area (Å²) in [5.74, 6) is 0. The van der Waals surface area contributed by atoms with E-state index in [-0.39, 0.29) is 0 Å². The summed E-state index contributed by atoms with van der Waals surface area (Å²) in [7, 11) is 0. The van der Waals surface area contributed by atoms with Crippen LogP contribution < -0.4 is 0 Å². The number of aryl methyl sites for hydroxylation is 3. The smallest absolute Gasteiger partial charge is 0.0409 e. The van der Waals surface area contributed by atoms with E-state index in [9.17, 15) is 0 Å². The molecule has 0 amide bonds. The third-order valence-corrected chi connectivity index (χ3v) is 2.41. The molecule has 0 saturated heterocycles. The molecule has 0 unspecified atom stereocenters. The van der Waals surface area contributed by atoms with Crippen molar-refractivity contribution in [2.45, 2.75) is 52.9 Å². The van der Waals surface area contributed by atoms with Gasteiger partial charge < -0.3 is 0 Å². The van der Waals surface area contributed by atoms with Crippen LogP contribution >= 0.6 is 0 Å². The lowest BCUT2D eigenvalue weighted by Crippen LogP contribution is -1.98. The monoisotopic (exact) mass is 191 g/mol. The van der Waals surface area contributed by atoms with Crippen molar-refractivity contribution in [3.8, 4) is 0 Å². The van der Waals surface area contributed by atoms with Gasteiger partial charge >= 0.3 is 0 Å². The second-order valence-corrected chi connectivity index (χ2v) is 3.81. The molecule has 0 aliphatic heterocycles. The molecule has 0 saturated carbocycles. The molecule has 0 atom stereocenters. The van der Waals surface area contributed by atoms with Gasteiger partial charge in [0.1, 0.15) is 0 Å². The summed E-state index contributed by atoms with van der Waals surface area (Å²) in [5, 5.41) is 0. The van der Waals surface area contributed by atoms with Crippen molar-refractivity contribution in [2.75, 3.05) is 0 Å². The van der Waals surface area contributed by atoms with Crippen LogP contribution in [-0.4, -0.2) is 4.98 Å². The van der Waals surface area contributed by atoms with Gasteiger partial charge in [-0.25, -0.2) is 0 Å². The fraction of sp³-hybridized carbons (Fsp3) is 0.615. The van der Waals surface area contributed by atoms with Crippen LogP contribution in [0.25, 0.3) is 0 Å². The van der Waals surface area contributed by atoms with E-state index in [0.29, 0.717) is 0 Å². The molecule has 1 rings (SSSR count). The minimum absolute atomic E-state index is 1.12. The van der Waals surface area contributed by atoms with Gasteiger partial charge in [-0.1, -0.05) is 33.6 Å². The van der Waals surface area contributed by atoms with E-state index in [4.69, 9.17) is 0 Å². The Morgan fingerprint density at radius 1 is 0.929 bits per heavy atom. The van der Waals surface area contributed by atoms with E-state index >= 15 is 0 Å². The number of hydrogen-bond acceptors (Lipinski definition) is 1. The normalized spacial score (nSPS) is 10.5. The van der Waals surface area contributed by atoms with Gasteiger partial charge in [0.25, 0.3) is 0 Å². The van der Waals surface area contributed by atoms with Crippen LogP contribution in [-0.2, 0) is 19.3 Å². The topological polar surface area (TPSA) is 12.9 Å². The number of pyridine rings is 1. The maximum Gasteiger partial charge on any atom is 0.0409 e. The fourth-order valence-corrected chi connectivity index (χ4v) is 1.69. The van der Waals surface area contributed by atoms with E-state index in [1.54, 1.807) is 0 Å². The summed E-state index contributed by atoms with van der Waals surface area (Å²) in [6.45, 7) is 6.63. The van der Waals surface area contributed by atoms with Gasteiger partial charge in [-0.15, -0.1) is 0 Å². The van der Waals surface area contributed by atoms with Gasteiger partial charge in [0, 0.05) is 11.4 Å². The number of nitrogens with zero attached hydrogens (tertiary/aromatic N) is 1. The lowest BCUT2D eigenvalue weighted by Gasteiger charge is -2.06. The fourth-order valence-electron chi connectivity index (χ4n) is 1.69. The summed E-state index contributed by atoms with van der Waals surface area (Å²) in [5.41, 5.74) is 3.98. The first-order valence-electron chi connectivity index (χ1n) is 5.78. The minimum Gasteiger partial charge on any atom is -0.258 e. The van der Waals surface area contributed by atoms with Gasteiger partial charge in [0.2, 0.25) is 0 Å². The Labute approximate surface area is 87.6 Å². The Kier molecular flexibility index (Phi) is 4.64. The van der Waals surface area contributed by atoms with Crippen molar-refractivity contribution >= 4 is 0 Å². The molecule has 14 heavy (non-hydrogen) atoms. The van der Waals surface area contributed by atoms with Crippen molar-refractivity contribution in [1.82, 2.24) is 4.98 Å². The molecule has 0 spiro atoms. The quantitative estimate of drug-likeness (QED) is 0.693. The lowest BCUT2D eigenvalue weighted by molar-refractivity contribution is 0.823. The predicted octanol–water partition coefficient (Wildman–Crippen LogP) is 3.55. The molecule has 0 radical (unpaired) electrons. The second-order valence-electron chi connectivity index (χ2n) is 3.81. The summed E-state index contributed by atoms with van der Waals surface area (Å²) >= 11 is 0. The Hall–Kier alpha value is -0.850. The number of aromatic nitrogens is 1. The lowest BCUT2D eigenvalue weighted by atomic mass is 10.1. The zero-order valence-corrected chi connectivity index (χ0v) is 9.64. The highest BCUT2D eigenvalue weighted by Gasteiger charge is 2.00. The highest BCUT2D eigenvalue weighted by atomic mass is 14.7. The number of hydrogen-bond donors (Lipinski definition) is 0. The van der Waals surface area contributed by atoms with Crippen LogP contribution in [0.5, 0.6) is 0 Å². The molecule has 0 aliphatic carbocycles. The van der Waals surface area contributed by atoms with E-state index in [1.165, 1.54) is 29.8 Å². The van der Waals surface area contributed by atoms with Crippen LogP contribution in [0.4, 0.5) is 0 Å². The van der Waals surface area contributed by atoms with E-state index < -0.39 is 0 Å². The maximum atomic E-state index is 4.66. The van der Waals surface area contributed by atoms with Crippen molar-refractivity contribution in [2.24, 2.45) is 0 Å². The molecule has 1 heterocycles. The zero-order valence-electron chi connectivity index (χ0n) is 9.64. The largest absolute Gasteiger partial charge is 0.258 e. The summed E-state index contributed by atoms with van der Waals surface area (Å²) in [6, 6.07) is 4.51. The second kappa shape index (κ2) is 5.79. The van der Waals surface area contributed by atoms with Gasteiger partial charge in [-0.05, 0) is 37.0 Å². The zero-order chi connectivity index (χ0) is 10.4. The van der Waals surface area contributed by atoms with Gasteiger partial charge in [-0.2, -0.15) is 0 Å². The van der Waals surface area contributed by atoms with Gasteiger partial charge in [0.15, 0.2) is 0 Å². The first kappa shape index (κ1) is 11.2. The summed E-state index contributed by atoms with van der Waals surface area (Å²) in [4.78, 5) is 4.66. The first-order valence-corrected chi connectivity index (χ1v) is 5.78. The predicted molar refractivity (Wildman–Crippen MR) is 61.6 cm³/mol.